The third-order valence-corrected chi connectivity index (χ3v) is 2.16. The van der Waals surface area contributed by atoms with Gasteiger partial charge in [-0.3, -0.25) is 4.79 Å². The van der Waals surface area contributed by atoms with Gasteiger partial charge in [-0.2, -0.15) is 0 Å². The van der Waals surface area contributed by atoms with Crippen molar-refractivity contribution in [1.82, 2.24) is 0 Å². The number of rotatable bonds is 6. The van der Waals surface area contributed by atoms with E-state index in [0.29, 0.717) is 18.6 Å². The van der Waals surface area contributed by atoms with Crippen molar-refractivity contribution in [2.75, 3.05) is 0 Å². The molecule has 0 aromatic heterocycles. The lowest BCUT2D eigenvalue weighted by Crippen LogP contribution is -1.99. The van der Waals surface area contributed by atoms with Gasteiger partial charge in [-0.1, -0.05) is 36.4 Å². The molecule has 1 aromatic rings. The van der Waals surface area contributed by atoms with E-state index < -0.39 is 0 Å². The molecule has 0 aliphatic heterocycles. The van der Waals surface area contributed by atoms with Crippen molar-refractivity contribution in [2.45, 2.75) is 25.7 Å². The number of ketones is 1. The minimum Gasteiger partial charge on any atom is -0.300 e. The summed E-state index contributed by atoms with van der Waals surface area (Å²) in [4.78, 5) is 11.3. The minimum atomic E-state index is 0.328. The van der Waals surface area contributed by atoms with Crippen LogP contribution in [0.1, 0.15) is 24.8 Å². The van der Waals surface area contributed by atoms with Gasteiger partial charge in [0.15, 0.2) is 0 Å². The average Bonchev–Trinajstić information content (AvgIpc) is 2.25. The van der Waals surface area contributed by atoms with Crippen molar-refractivity contribution in [1.29, 1.82) is 0 Å². The highest BCUT2D eigenvalue weighted by atomic mass is 16.1. The Balaban J connectivity index is 2.27. The van der Waals surface area contributed by atoms with Gasteiger partial charge < -0.3 is 0 Å². The molecule has 0 N–H and O–H groups in total. The van der Waals surface area contributed by atoms with Crippen molar-refractivity contribution in [3.05, 3.63) is 48.6 Å². The summed E-state index contributed by atoms with van der Waals surface area (Å²) in [6, 6.07) is 10.1. The minimum absolute atomic E-state index is 0.328. The van der Waals surface area contributed by atoms with E-state index in [1.807, 2.05) is 18.2 Å². The van der Waals surface area contributed by atoms with E-state index in [1.54, 1.807) is 6.08 Å². The predicted molar refractivity (Wildman–Crippen MR) is 59.2 cm³/mol. The van der Waals surface area contributed by atoms with Crippen LogP contribution < -0.4 is 0 Å². The molecular formula is C13H16O. The van der Waals surface area contributed by atoms with Crippen LogP contribution in [0.4, 0.5) is 0 Å². The quantitative estimate of drug-likeness (QED) is 0.627. The molecule has 0 spiro atoms. The van der Waals surface area contributed by atoms with E-state index in [1.165, 1.54) is 5.56 Å². The number of hydrogen-bond acceptors (Lipinski definition) is 1. The summed E-state index contributed by atoms with van der Waals surface area (Å²) in [5.74, 6) is 0.328. The van der Waals surface area contributed by atoms with Gasteiger partial charge in [-0.05, 0) is 18.4 Å². The molecule has 0 bridgehead atoms. The zero-order valence-corrected chi connectivity index (χ0v) is 8.41. The number of hydrogen-bond donors (Lipinski definition) is 0. The maximum atomic E-state index is 11.3. The van der Waals surface area contributed by atoms with Gasteiger partial charge >= 0.3 is 0 Å². The molecule has 1 nitrogen and oxygen atoms in total. The molecule has 1 aromatic carbocycles. The molecule has 0 radical (unpaired) electrons. The lowest BCUT2D eigenvalue weighted by molar-refractivity contribution is -0.118. The molecule has 0 heterocycles. The number of carbonyl (C=O) groups is 1. The Morgan fingerprint density at radius 2 is 1.93 bits per heavy atom. The second-order valence-corrected chi connectivity index (χ2v) is 3.35. The van der Waals surface area contributed by atoms with Gasteiger partial charge in [0.2, 0.25) is 0 Å². The Kier molecular flexibility index (Phi) is 4.70. The number of Topliss-reactive ketones (excluding diaryl/α,β-unsaturated/α-hetero) is 1. The lowest BCUT2D eigenvalue weighted by Gasteiger charge is -1.99. The second kappa shape index (κ2) is 6.14. The Bertz CT molecular complexity index is 287. The first-order valence-corrected chi connectivity index (χ1v) is 4.99. The highest BCUT2D eigenvalue weighted by Crippen LogP contribution is 2.05. The van der Waals surface area contributed by atoms with Crippen LogP contribution in [0.25, 0.3) is 0 Å². The lowest BCUT2D eigenvalue weighted by atomic mass is 10.1. The maximum absolute atomic E-state index is 11.3. The fourth-order valence-electron chi connectivity index (χ4n) is 1.32. The normalized spacial score (nSPS) is 9.71. The SMILES string of the molecule is C=CCCC(=O)CCc1ccccc1. The molecule has 0 aliphatic carbocycles. The van der Waals surface area contributed by atoms with Gasteiger partial charge in [-0.25, -0.2) is 0 Å². The van der Waals surface area contributed by atoms with E-state index in [-0.39, 0.29) is 0 Å². The van der Waals surface area contributed by atoms with Crippen molar-refractivity contribution >= 4 is 5.78 Å². The van der Waals surface area contributed by atoms with Crippen LogP contribution in [0.3, 0.4) is 0 Å². The highest BCUT2D eigenvalue weighted by Gasteiger charge is 2.00. The maximum Gasteiger partial charge on any atom is 0.133 e. The number of aryl methyl sites for hydroxylation is 1. The summed E-state index contributed by atoms with van der Waals surface area (Å²) in [6.45, 7) is 3.60. The standard InChI is InChI=1S/C13H16O/c1-2-3-9-13(14)11-10-12-7-5-4-6-8-12/h2,4-8H,1,3,9-11H2. The van der Waals surface area contributed by atoms with E-state index in [4.69, 9.17) is 0 Å². The first-order valence-electron chi connectivity index (χ1n) is 4.99. The third-order valence-electron chi connectivity index (χ3n) is 2.16. The summed E-state index contributed by atoms with van der Waals surface area (Å²) in [5, 5.41) is 0. The smallest absolute Gasteiger partial charge is 0.133 e. The van der Waals surface area contributed by atoms with E-state index in [9.17, 15) is 4.79 Å². The van der Waals surface area contributed by atoms with Gasteiger partial charge in [-0.15, -0.1) is 6.58 Å². The van der Waals surface area contributed by atoms with Crippen LogP contribution in [0.5, 0.6) is 0 Å². The summed E-state index contributed by atoms with van der Waals surface area (Å²) >= 11 is 0. The Morgan fingerprint density at radius 1 is 1.21 bits per heavy atom. The molecule has 0 amide bonds. The summed E-state index contributed by atoms with van der Waals surface area (Å²) in [6.07, 6.45) is 4.74. The van der Waals surface area contributed by atoms with Crippen LogP contribution in [-0.2, 0) is 11.2 Å². The van der Waals surface area contributed by atoms with Crippen LogP contribution >= 0.6 is 0 Å². The van der Waals surface area contributed by atoms with Crippen molar-refractivity contribution in [3.8, 4) is 0 Å². The molecule has 0 saturated carbocycles. The molecule has 0 saturated heterocycles. The molecule has 0 fully saturated rings. The Morgan fingerprint density at radius 3 is 2.57 bits per heavy atom. The number of benzene rings is 1. The molecule has 0 unspecified atom stereocenters. The third kappa shape index (κ3) is 4.04. The van der Waals surface area contributed by atoms with E-state index in [2.05, 4.69) is 18.7 Å². The molecule has 14 heavy (non-hydrogen) atoms. The van der Waals surface area contributed by atoms with Gasteiger partial charge in [0.1, 0.15) is 5.78 Å². The predicted octanol–water partition coefficient (Wildman–Crippen LogP) is 3.15. The monoisotopic (exact) mass is 188 g/mol. The van der Waals surface area contributed by atoms with Crippen molar-refractivity contribution in [3.63, 3.8) is 0 Å². The molecule has 0 aliphatic rings. The molecule has 1 rings (SSSR count). The number of allylic oxidation sites excluding steroid dienone is 1. The second-order valence-electron chi connectivity index (χ2n) is 3.35. The van der Waals surface area contributed by atoms with Crippen LogP contribution in [-0.4, -0.2) is 5.78 Å². The molecule has 74 valence electrons. The number of carbonyl (C=O) groups excluding carboxylic acids is 1. The zero-order chi connectivity index (χ0) is 10.2. The fourth-order valence-corrected chi connectivity index (χ4v) is 1.32. The zero-order valence-electron chi connectivity index (χ0n) is 8.41. The first kappa shape index (κ1) is 10.7. The highest BCUT2D eigenvalue weighted by molar-refractivity contribution is 5.78. The van der Waals surface area contributed by atoms with Crippen molar-refractivity contribution in [2.24, 2.45) is 0 Å². The summed E-state index contributed by atoms with van der Waals surface area (Å²) in [7, 11) is 0. The molecule has 0 atom stereocenters. The van der Waals surface area contributed by atoms with Gasteiger partial charge in [0.05, 0.1) is 0 Å². The van der Waals surface area contributed by atoms with Gasteiger partial charge in [0.25, 0.3) is 0 Å². The first-order chi connectivity index (χ1) is 6.83. The van der Waals surface area contributed by atoms with Crippen LogP contribution in [0, 0.1) is 0 Å². The fraction of sp³-hybridized carbons (Fsp3) is 0.308. The largest absolute Gasteiger partial charge is 0.300 e. The Labute approximate surface area is 85.5 Å². The Hall–Kier alpha value is -1.37. The van der Waals surface area contributed by atoms with Gasteiger partial charge in [0, 0.05) is 12.8 Å². The summed E-state index contributed by atoms with van der Waals surface area (Å²) in [5.41, 5.74) is 1.24. The summed E-state index contributed by atoms with van der Waals surface area (Å²) < 4.78 is 0. The molecule has 1 heteroatoms. The average molecular weight is 188 g/mol. The van der Waals surface area contributed by atoms with Crippen molar-refractivity contribution < 1.29 is 4.79 Å². The molecular weight excluding hydrogens is 172 g/mol. The van der Waals surface area contributed by atoms with E-state index >= 15 is 0 Å². The van der Waals surface area contributed by atoms with Crippen LogP contribution in [0.2, 0.25) is 0 Å². The topological polar surface area (TPSA) is 17.1 Å². The van der Waals surface area contributed by atoms with Crippen LogP contribution in [0.15, 0.2) is 43.0 Å². The van der Waals surface area contributed by atoms with E-state index in [0.717, 1.165) is 12.8 Å².